The zero-order chi connectivity index (χ0) is 11.4. The highest BCUT2D eigenvalue weighted by Gasteiger charge is 2.28. The molecule has 0 aromatic carbocycles. The predicted molar refractivity (Wildman–Crippen MR) is 59.8 cm³/mol. The number of piperidine rings is 1. The van der Waals surface area contributed by atoms with Gasteiger partial charge in [-0.1, -0.05) is 0 Å². The minimum Gasteiger partial charge on any atom is -0.468 e. The molecule has 0 aliphatic carbocycles. The molecule has 0 amide bonds. The number of esters is 1. The van der Waals surface area contributed by atoms with Gasteiger partial charge < -0.3 is 9.64 Å². The second-order valence-electron chi connectivity index (χ2n) is 4.45. The van der Waals surface area contributed by atoms with Crippen LogP contribution >= 0.6 is 0 Å². The molecule has 0 bridgehead atoms. The van der Waals surface area contributed by atoms with Gasteiger partial charge in [0.05, 0.1) is 7.11 Å². The third-order valence-electron chi connectivity index (χ3n) is 3.25. The minimum atomic E-state index is -0.130. The van der Waals surface area contributed by atoms with Crippen molar-refractivity contribution >= 4 is 5.97 Å². The molecule has 0 radical (unpaired) electrons. The molecule has 0 aromatic heterocycles. The highest BCUT2D eigenvalue weighted by molar-refractivity contribution is 5.75. The van der Waals surface area contributed by atoms with Crippen LogP contribution < -0.4 is 0 Å². The van der Waals surface area contributed by atoms with E-state index in [0.717, 1.165) is 19.5 Å². The number of carbonyl (C=O) groups excluding carboxylic acids is 1. The quantitative estimate of drug-likeness (QED) is 0.643. The van der Waals surface area contributed by atoms with E-state index in [0.29, 0.717) is 6.04 Å². The number of nitrogens with zero attached hydrogens (tertiary/aromatic N) is 2. The van der Waals surface area contributed by atoms with Crippen molar-refractivity contribution in [2.24, 2.45) is 0 Å². The number of methoxy groups -OCH3 is 1. The minimum absolute atomic E-state index is 0.113. The maximum Gasteiger partial charge on any atom is 0.322 e. The third-order valence-corrected chi connectivity index (χ3v) is 3.25. The van der Waals surface area contributed by atoms with Gasteiger partial charge in [0.1, 0.15) is 6.04 Å². The summed E-state index contributed by atoms with van der Waals surface area (Å²) in [6, 6.07) is 0.448. The van der Waals surface area contributed by atoms with Crippen LogP contribution in [0, 0.1) is 0 Å². The van der Waals surface area contributed by atoms with Gasteiger partial charge in [-0.2, -0.15) is 0 Å². The van der Waals surface area contributed by atoms with E-state index < -0.39 is 0 Å². The monoisotopic (exact) mass is 214 g/mol. The van der Waals surface area contributed by atoms with Crippen molar-refractivity contribution in [2.45, 2.75) is 31.8 Å². The molecule has 1 aliphatic heterocycles. The lowest BCUT2D eigenvalue weighted by molar-refractivity contribution is -0.147. The molecule has 4 nitrogen and oxygen atoms in total. The second-order valence-corrected chi connectivity index (χ2v) is 4.45. The van der Waals surface area contributed by atoms with E-state index >= 15 is 0 Å². The van der Waals surface area contributed by atoms with Crippen LogP contribution in [-0.2, 0) is 9.53 Å². The van der Waals surface area contributed by atoms with Crippen LogP contribution in [0.15, 0.2) is 0 Å². The van der Waals surface area contributed by atoms with Crippen molar-refractivity contribution in [1.82, 2.24) is 9.80 Å². The number of likely N-dealkylation sites (N-methyl/N-ethyl adjacent to an activating group) is 1. The molecule has 4 heteroatoms. The van der Waals surface area contributed by atoms with Gasteiger partial charge in [-0.3, -0.25) is 9.69 Å². The molecule has 1 saturated heterocycles. The Morgan fingerprint density at radius 1 is 1.53 bits per heavy atom. The Kier molecular flexibility index (Phi) is 4.54. The molecule has 0 N–H and O–H groups in total. The summed E-state index contributed by atoms with van der Waals surface area (Å²) in [6.45, 7) is 3.88. The van der Waals surface area contributed by atoms with Gasteiger partial charge in [0.2, 0.25) is 0 Å². The fourth-order valence-corrected chi connectivity index (χ4v) is 2.08. The first kappa shape index (κ1) is 12.5. The van der Waals surface area contributed by atoms with Gasteiger partial charge in [-0.05, 0) is 40.4 Å². The molecule has 1 rings (SSSR count). The highest BCUT2D eigenvalue weighted by Crippen LogP contribution is 2.16. The summed E-state index contributed by atoms with van der Waals surface area (Å²) in [6.07, 6.45) is 2.38. The molecule has 0 aromatic rings. The zero-order valence-electron chi connectivity index (χ0n) is 10.2. The number of carbonyl (C=O) groups is 1. The topological polar surface area (TPSA) is 32.8 Å². The second kappa shape index (κ2) is 5.47. The van der Waals surface area contributed by atoms with Crippen molar-refractivity contribution in [1.29, 1.82) is 0 Å². The lowest BCUT2D eigenvalue weighted by atomic mass is 10.0. The van der Waals surface area contributed by atoms with Crippen molar-refractivity contribution < 1.29 is 9.53 Å². The highest BCUT2D eigenvalue weighted by atomic mass is 16.5. The lowest BCUT2D eigenvalue weighted by Crippen LogP contribution is -2.50. The first-order valence-electron chi connectivity index (χ1n) is 5.54. The molecular formula is C11H22N2O2. The maximum absolute atomic E-state index is 11.4. The van der Waals surface area contributed by atoms with E-state index in [9.17, 15) is 4.79 Å². The summed E-state index contributed by atoms with van der Waals surface area (Å²) in [7, 11) is 5.64. The van der Waals surface area contributed by atoms with Gasteiger partial charge in [-0.15, -0.1) is 0 Å². The van der Waals surface area contributed by atoms with E-state index in [-0.39, 0.29) is 12.0 Å². The summed E-state index contributed by atoms with van der Waals surface area (Å²) in [5.74, 6) is -0.130. The van der Waals surface area contributed by atoms with Gasteiger partial charge in [0, 0.05) is 12.6 Å². The van der Waals surface area contributed by atoms with Crippen LogP contribution in [0.3, 0.4) is 0 Å². The number of hydrogen-bond acceptors (Lipinski definition) is 4. The summed E-state index contributed by atoms with van der Waals surface area (Å²) in [5.41, 5.74) is 0. The van der Waals surface area contributed by atoms with Crippen LogP contribution in [0.25, 0.3) is 0 Å². The number of rotatable bonds is 3. The summed E-state index contributed by atoms with van der Waals surface area (Å²) >= 11 is 0. The molecule has 15 heavy (non-hydrogen) atoms. The number of hydrogen-bond donors (Lipinski definition) is 0. The smallest absolute Gasteiger partial charge is 0.322 e. The van der Waals surface area contributed by atoms with Crippen LogP contribution in [-0.4, -0.2) is 62.1 Å². The van der Waals surface area contributed by atoms with Crippen LogP contribution in [0.5, 0.6) is 0 Å². The third kappa shape index (κ3) is 3.18. The number of likely N-dealkylation sites (tertiary alicyclic amines) is 1. The van der Waals surface area contributed by atoms with E-state index in [2.05, 4.69) is 23.9 Å². The summed E-state index contributed by atoms with van der Waals surface area (Å²) < 4.78 is 4.77. The van der Waals surface area contributed by atoms with E-state index in [4.69, 9.17) is 4.74 Å². The van der Waals surface area contributed by atoms with Crippen molar-refractivity contribution in [3.05, 3.63) is 0 Å². The van der Waals surface area contributed by atoms with Gasteiger partial charge >= 0.3 is 5.97 Å². The standard InChI is InChI=1S/C11H22N2O2/c1-9(11(14)15-4)13-7-5-6-10(8-13)12(2)3/h9-10H,5-8H2,1-4H3. The molecule has 88 valence electrons. The SMILES string of the molecule is COC(=O)C(C)N1CCCC(N(C)C)C1. The predicted octanol–water partition coefficient (Wildman–Crippen LogP) is 0.574. The Hall–Kier alpha value is -0.610. The lowest BCUT2D eigenvalue weighted by Gasteiger charge is -2.38. The Morgan fingerprint density at radius 2 is 2.20 bits per heavy atom. The Morgan fingerprint density at radius 3 is 2.73 bits per heavy atom. The first-order valence-corrected chi connectivity index (χ1v) is 5.54. The maximum atomic E-state index is 11.4. The first-order chi connectivity index (χ1) is 7.06. The van der Waals surface area contributed by atoms with Crippen molar-refractivity contribution in [3.8, 4) is 0 Å². The molecule has 2 unspecified atom stereocenters. The van der Waals surface area contributed by atoms with E-state index in [1.807, 2.05) is 6.92 Å². The van der Waals surface area contributed by atoms with Crippen molar-refractivity contribution in [3.63, 3.8) is 0 Å². The fourth-order valence-electron chi connectivity index (χ4n) is 2.08. The zero-order valence-corrected chi connectivity index (χ0v) is 10.2. The van der Waals surface area contributed by atoms with Crippen molar-refractivity contribution in [2.75, 3.05) is 34.3 Å². The molecule has 1 heterocycles. The van der Waals surface area contributed by atoms with E-state index in [1.54, 1.807) is 0 Å². The number of ether oxygens (including phenoxy) is 1. The van der Waals surface area contributed by atoms with Gasteiger partial charge in [-0.25, -0.2) is 0 Å². The average molecular weight is 214 g/mol. The largest absolute Gasteiger partial charge is 0.468 e. The van der Waals surface area contributed by atoms with E-state index in [1.165, 1.54) is 13.5 Å². The molecule has 1 fully saturated rings. The Labute approximate surface area is 92.2 Å². The summed E-state index contributed by atoms with van der Waals surface area (Å²) in [5, 5.41) is 0. The Bertz CT molecular complexity index is 219. The van der Waals surface area contributed by atoms with Crippen LogP contribution in [0.4, 0.5) is 0 Å². The van der Waals surface area contributed by atoms with Gasteiger partial charge in [0.15, 0.2) is 0 Å². The fraction of sp³-hybridized carbons (Fsp3) is 0.909. The van der Waals surface area contributed by atoms with Gasteiger partial charge in [0.25, 0.3) is 0 Å². The molecule has 1 aliphatic rings. The molecule has 2 atom stereocenters. The van der Waals surface area contributed by atoms with Crippen LogP contribution in [0.1, 0.15) is 19.8 Å². The normalized spacial score (nSPS) is 25.3. The molecule has 0 saturated carbocycles. The molecular weight excluding hydrogens is 192 g/mol. The Balaban J connectivity index is 2.52. The average Bonchev–Trinajstić information content (AvgIpc) is 2.27. The van der Waals surface area contributed by atoms with Crippen LogP contribution in [0.2, 0.25) is 0 Å². The summed E-state index contributed by atoms with van der Waals surface area (Å²) in [4.78, 5) is 15.9. The molecule has 0 spiro atoms.